The van der Waals surface area contributed by atoms with Gasteiger partial charge in [-0.1, -0.05) is 0 Å². The molecule has 1 aromatic heterocycles. The number of piperidine rings is 1. The average Bonchev–Trinajstić information content (AvgIpc) is 2.53. The molecule has 3 heterocycles. The Kier molecular flexibility index (Phi) is 5.72. The van der Waals surface area contributed by atoms with Crippen molar-refractivity contribution in [3.63, 3.8) is 0 Å². The number of aromatic nitrogens is 1. The maximum absolute atomic E-state index is 5.82. The van der Waals surface area contributed by atoms with E-state index in [0.29, 0.717) is 31.1 Å². The molecule has 1 saturated heterocycles. The topological polar surface area (TPSA) is 60.6 Å². The molecule has 3 rings (SSSR count). The first kappa shape index (κ1) is 16.4. The fourth-order valence-electron chi connectivity index (χ4n) is 3.01. The van der Waals surface area contributed by atoms with Crippen LogP contribution in [0.1, 0.15) is 31.5 Å². The van der Waals surface area contributed by atoms with Crippen molar-refractivity contribution in [1.29, 1.82) is 0 Å². The maximum atomic E-state index is 5.82. The molecule has 2 N–H and O–H groups in total. The Balaban J connectivity index is 0.00000161. The van der Waals surface area contributed by atoms with E-state index in [1.54, 1.807) is 0 Å². The Morgan fingerprint density at radius 2 is 2.19 bits per heavy atom. The molecular formula is C15H25N3O2S. The van der Waals surface area contributed by atoms with Gasteiger partial charge in [0.1, 0.15) is 13.2 Å². The Labute approximate surface area is 133 Å². The molecule has 6 heteroatoms. The highest BCUT2D eigenvalue weighted by Gasteiger charge is 2.25. The number of rotatable bonds is 3. The van der Waals surface area contributed by atoms with E-state index in [0.717, 1.165) is 31.1 Å². The van der Waals surface area contributed by atoms with E-state index < -0.39 is 0 Å². The number of hydrogen-bond donors (Lipinski definition) is 1. The third kappa shape index (κ3) is 3.62. The van der Waals surface area contributed by atoms with Crippen molar-refractivity contribution in [2.24, 2.45) is 11.7 Å². The van der Waals surface area contributed by atoms with Crippen molar-refractivity contribution >= 4 is 13.5 Å². The van der Waals surface area contributed by atoms with Crippen molar-refractivity contribution < 1.29 is 9.47 Å². The first-order valence-electron chi connectivity index (χ1n) is 7.48. The number of hydrogen-bond acceptors (Lipinski definition) is 5. The maximum Gasteiger partial charge on any atom is 0.257 e. The number of nitrogens with two attached hydrogens (primary N) is 1. The van der Waals surface area contributed by atoms with Gasteiger partial charge >= 0.3 is 0 Å². The Morgan fingerprint density at radius 1 is 1.38 bits per heavy atom. The lowest BCUT2D eigenvalue weighted by Gasteiger charge is -2.36. The van der Waals surface area contributed by atoms with Crippen LogP contribution in [0.25, 0.3) is 0 Å². The van der Waals surface area contributed by atoms with Crippen molar-refractivity contribution in [2.45, 2.75) is 25.8 Å². The molecule has 0 saturated carbocycles. The van der Waals surface area contributed by atoms with Crippen LogP contribution in [-0.2, 0) is 0 Å². The van der Waals surface area contributed by atoms with Gasteiger partial charge in [0.2, 0.25) is 0 Å². The molecule has 0 spiro atoms. The predicted molar refractivity (Wildman–Crippen MR) is 87.4 cm³/mol. The molecule has 5 nitrogen and oxygen atoms in total. The Bertz CT molecular complexity index is 472. The Morgan fingerprint density at radius 3 is 3.00 bits per heavy atom. The van der Waals surface area contributed by atoms with Crippen LogP contribution >= 0.6 is 13.5 Å². The normalized spacial score (nSPS) is 23.2. The molecule has 2 aliphatic heterocycles. The van der Waals surface area contributed by atoms with E-state index in [2.05, 4.69) is 16.8 Å². The van der Waals surface area contributed by atoms with Crippen molar-refractivity contribution in [2.75, 3.05) is 32.8 Å². The zero-order valence-electron chi connectivity index (χ0n) is 12.5. The van der Waals surface area contributed by atoms with Gasteiger partial charge < -0.3 is 15.2 Å². The summed E-state index contributed by atoms with van der Waals surface area (Å²) < 4.78 is 11.1. The monoisotopic (exact) mass is 311 g/mol. The molecule has 21 heavy (non-hydrogen) atoms. The summed E-state index contributed by atoms with van der Waals surface area (Å²) in [5, 5.41) is 0. The average molecular weight is 311 g/mol. The van der Waals surface area contributed by atoms with Crippen LogP contribution in [0.5, 0.6) is 11.6 Å². The SMILES string of the molecule is CC(c1ccc2c(n1)OCCO2)N1CCC[C@@H](CN)C1.S. The molecule has 1 fully saturated rings. The van der Waals surface area contributed by atoms with Crippen molar-refractivity contribution in [1.82, 2.24) is 9.88 Å². The number of pyridine rings is 1. The fraction of sp³-hybridized carbons (Fsp3) is 0.667. The summed E-state index contributed by atoms with van der Waals surface area (Å²) in [6.45, 7) is 6.35. The summed E-state index contributed by atoms with van der Waals surface area (Å²) >= 11 is 0. The van der Waals surface area contributed by atoms with Crippen LogP contribution in [0.4, 0.5) is 0 Å². The Hall–Kier alpha value is -0.980. The van der Waals surface area contributed by atoms with E-state index in [-0.39, 0.29) is 13.5 Å². The van der Waals surface area contributed by atoms with Crippen molar-refractivity contribution in [3.8, 4) is 11.6 Å². The molecule has 0 amide bonds. The summed E-state index contributed by atoms with van der Waals surface area (Å²) in [5.41, 5.74) is 6.86. The highest BCUT2D eigenvalue weighted by Crippen LogP contribution is 2.32. The van der Waals surface area contributed by atoms with Gasteiger partial charge in [-0.15, -0.1) is 0 Å². The summed E-state index contributed by atoms with van der Waals surface area (Å²) in [4.78, 5) is 7.09. The van der Waals surface area contributed by atoms with E-state index in [9.17, 15) is 0 Å². The van der Waals surface area contributed by atoms with Crippen LogP contribution in [0, 0.1) is 5.92 Å². The minimum Gasteiger partial charge on any atom is -0.484 e. The second-order valence-electron chi connectivity index (χ2n) is 5.65. The highest BCUT2D eigenvalue weighted by molar-refractivity contribution is 7.59. The third-order valence-corrected chi connectivity index (χ3v) is 4.29. The molecular weight excluding hydrogens is 286 g/mol. The first-order valence-corrected chi connectivity index (χ1v) is 7.48. The molecule has 0 aliphatic carbocycles. The standard InChI is InChI=1S/C15H23N3O2.H2S/c1-11(18-6-2-3-12(9-16)10-18)13-4-5-14-15(17-13)20-8-7-19-14;/h4-5,11-12H,2-3,6-10,16H2,1H3;1H2/t11?,12-;/m0./s1. The van der Waals surface area contributed by atoms with Gasteiger partial charge in [0.05, 0.1) is 5.69 Å². The lowest BCUT2D eigenvalue weighted by atomic mass is 9.96. The second kappa shape index (κ2) is 7.33. The number of ether oxygens (including phenoxy) is 2. The first-order chi connectivity index (χ1) is 9.78. The smallest absolute Gasteiger partial charge is 0.257 e. The summed E-state index contributed by atoms with van der Waals surface area (Å²) in [6, 6.07) is 4.31. The van der Waals surface area contributed by atoms with Gasteiger partial charge in [0.25, 0.3) is 5.88 Å². The van der Waals surface area contributed by atoms with Crippen LogP contribution in [0.3, 0.4) is 0 Å². The third-order valence-electron chi connectivity index (χ3n) is 4.29. The minimum absolute atomic E-state index is 0. The van der Waals surface area contributed by atoms with Gasteiger partial charge in [-0.3, -0.25) is 4.90 Å². The molecule has 2 atom stereocenters. The second-order valence-corrected chi connectivity index (χ2v) is 5.65. The van der Waals surface area contributed by atoms with E-state index in [1.807, 2.05) is 12.1 Å². The van der Waals surface area contributed by atoms with Crippen LogP contribution in [-0.4, -0.2) is 42.7 Å². The zero-order valence-corrected chi connectivity index (χ0v) is 13.5. The molecule has 0 bridgehead atoms. The van der Waals surface area contributed by atoms with Crippen LogP contribution < -0.4 is 15.2 Å². The van der Waals surface area contributed by atoms with Crippen LogP contribution in [0.15, 0.2) is 12.1 Å². The number of fused-ring (bicyclic) bond motifs is 1. The van der Waals surface area contributed by atoms with E-state index in [1.165, 1.54) is 12.8 Å². The molecule has 1 aromatic rings. The summed E-state index contributed by atoms with van der Waals surface area (Å²) in [6.07, 6.45) is 2.46. The molecule has 0 aromatic carbocycles. The highest BCUT2D eigenvalue weighted by atomic mass is 32.1. The molecule has 118 valence electrons. The fourth-order valence-corrected chi connectivity index (χ4v) is 3.01. The van der Waals surface area contributed by atoms with Crippen molar-refractivity contribution in [3.05, 3.63) is 17.8 Å². The lowest BCUT2D eigenvalue weighted by molar-refractivity contribution is 0.129. The largest absolute Gasteiger partial charge is 0.484 e. The lowest BCUT2D eigenvalue weighted by Crippen LogP contribution is -2.40. The van der Waals surface area contributed by atoms with Crippen LogP contribution in [0.2, 0.25) is 0 Å². The molecule has 0 radical (unpaired) electrons. The minimum atomic E-state index is 0. The van der Waals surface area contributed by atoms with Gasteiger partial charge in [0, 0.05) is 12.6 Å². The van der Waals surface area contributed by atoms with Gasteiger partial charge in [-0.2, -0.15) is 13.5 Å². The van der Waals surface area contributed by atoms with E-state index in [4.69, 9.17) is 15.2 Å². The molecule has 1 unspecified atom stereocenters. The zero-order chi connectivity index (χ0) is 13.9. The van der Waals surface area contributed by atoms with E-state index >= 15 is 0 Å². The summed E-state index contributed by atoms with van der Waals surface area (Å²) in [5.74, 6) is 2.00. The van der Waals surface area contributed by atoms with Gasteiger partial charge in [0.15, 0.2) is 5.75 Å². The van der Waals surface area contributed by atoms with Gasteiger partial charge in [-0.05, 0) is 50.9 Å². The molecule has 2 aliphatic rings. The number of likely N-dealkylation sites (tertiary alicyclic amines) is 1. The predicted octanol–water partition coefficient (Wildman–Crippen LogP) is 1.70. The number of nitrogens with zero attached hydrogens (tertiary/aromatic N) is 2. The van der Waals surface area contributed by atoms with Gasteiger partial charge in [-0.25, -0.2) is 4.98 Å². The quantitative estimate of drug-likeness (QED) is 0.920. The summed E-state index contributed by atoms with van der Waals surface area (Å²) in [7, 11) is 0.